The summed E-state index contributed by atoms with van der Waals surface area (Å²) in [5.41, 5.74) is 7.83. The predicted octanol–water partition coefficient (Wildman–Crippen LogP) is 1.14. The zero-order valence-corrected chi connectivity index (χ0v) is 22.7. The monoisotopic (exact) mass is 545 g/mol. The van der Waals surface area contributed by atoms with Crippen LogP contribution >= 0.6 is 0 Å². The lowest BCUT2D eigenvalue weighted by atomic mass is 9.97. The van der Waals surface area contributed by atoms with Crippen molar-refractivity contribution in [2.24, 2.45) is 17.6 Å². The first-order valence-corrected chi connectivity index (χ1v) is 13.0. The number of aliphatic carboxylic acids is 2. The summed E-state index contributed by atoms with van der Waals surface area (Å²) in [4.78, 5) is 65.0. The van der Waals surface area contributed by atoms with Gasteiger partial charge in [0.05, 0.1) is 6.04 Å². The number of aromatic nitrogens is 1. The Morgan fingerprint density at radius 1 is 0.923 bits per heavy atom. The van der Waals surface area contributed by atoms with E-state index in [9.17, 15) is 29.1 Å². The van der Waals surface area contributed by atoms with Gasteiger partial charge in [-0.05, 0) is 36.3 Å². The number of benzene rings is 1. The van der Waals surface area contributed by atoms with E-state index < -0.39 is 66.2 Å². The molecule has 0 aliphatic heterocycles. The molecule has 0 saturated heterocycles. The smallest absolute Gasteiger partial charge is 0.326 e. The molecule has 1 heterocycles. The van der Waals surface area contributed by atoms with Crippen LogP contribution in [0, 0.1) is 11.8 Å². The number of aromatic amines is 1. The molecule has 3 amide bonds. The number of carboxylic acid groups (broad SMARTS) is 2. The largest absolute Gasteiger partial charge is 0.481 e. The third-order valence-electron chi connectivity index (χ3n) is 6.76. The molecule has 0 radical (unpaired) electrons. The molecule has 1 aromatic carbocycles. The molecular formula is C27H39N5O7. The lowest BCUT2D eigenvalue weighted by Gasteiger charge is -2.28. The Bertz CT molecular complexity index is 1180. The van der Waals surface area contributed by atoms with Crippen LogP contribution in [0.2, 0.25) is 0 Å². The third-order valence-corrected chi connectivity index (χ3v) is 6.76. The molecule has 12 nitrogen and oxygen atoms in total. The summed E-state index contributed by atoms with van der Waals surface area (Å²) in [6.07, 6.45) is 1.79. The predicted molar refractivity (Wildman–Crippen MR) is 145 cm³/mol. The second-order valence-corrected chi connectivity index (χ2v) is 10.1. The molecule has 39 heavy (non-hydrogen) atoms. The van der Waals surface area contributed by atoms with Gasteiger partial charge in [-0.15, -0.1) is 0 Å². The number of amides is 3. The number of H-pyrrole nitrogens is 1. The minimum atomic E-state index is -1.28. The molecular weight excluding hydrogens is 506 g/mol. The van der Waals surface area contributed by atoms with Gasteiger partial charge in [-0.3, -0.25) is 19.2 Å². The summed E-state index contributed by atoms with van der Waals surface area (Å²) in [7, 11) is 0. The molecule has 0 bridgehead atoms. The topological polar surface area (TPSA) is 204 Å². The van der Waals surface area contributed by atoms with Gasteiger partial charge in [0.2, 0.25) is 17.7 Å². The number of nitrogens with two attached hydrogens (primary N) is 1. The van der Waals surface area contributed by atoms with E-state index in [1.807, 2.05) is 24.3 Å². The van der Waals surface area contributed by atoms with Crippen LogP contribution in [-0.4, -0.2) is 69.0 Å². The molecule has 12 heteroatoms. The third kappa shape index (κ3) is 8.81. The van der Waals surface area contributed by atoms with Crippen molar-refractivity contribution in [2.45, 2.75) is 77.5 Å². The molecule has 214 valence electrons. The van der Waals surface area contributed by atoms with Crippen molar-refractivity contribution in [1.82, 2.24) is 20.9 Å². The number of carbonyl (C=O) groups excluding carboxylic acids is 3. The number of nitrogens with one attached hydrogen (secondary N) is 4. The fourth-order valence-electron chi connectivity index (χ4n) is 4.16. The first-order valence-electron chi connectivity index (χ1n) is 13.0. The highest BCUT2D eigenvalue weighted by molar-refractivity contribution is 5.94. The van der Waals surface area contributed by atoms with Crippen molar-refractivity contribution in [3.63, 3.8) is 0 Å². The molecule has 0 fully saturated rings. The standard InChI is InChI=1S/C27H39N5O7/c1-5-15(4)23(27(38)39)32-26(37)22(14(2)3)31-25(36)20(10-11-21(33)34)30-24(35)18(28)12-16-13-29-19-9-7-6-8-17(16)19/h6-9,13-15,18,20,22-23,29H,5,10-12,28H2,1-4H3,(H,30,35)(H,31,36)(H,32,37)(H,33,34)(H,38,39). The molecule has 0 aliphatic rings. The van der Waals surface area contributed by atoms with Gasteiger partial charge in [0.15, 0.2) is 0 Å². The fraction of sp³-hybridized carbons (Fsp3) is 0.519. The number of rotatable bonds is 15. The van der Waals surface area contributed by atoms with Gasteiger partial charge in [0.25, 0.3) is 0 Å². The fourth-order valence-corrected chi connectivity index (χ4v) is 4.16. The highest BCUT2D eigenvalue weighted by Crippen LogP contribution is 2.19. The van der Waals surface area contributed by atoms with Crippen molar-refractivity contribution in [3.05, 3.63) is 36.0 Å². The highest BCUT2D eigenvalue weighted by Gasteiger charge is 2.33. The number of carbonyl (C=O) groups is 5. The van der Waals surface area contributed by atoms with Crippen molar-refractivity contribution >= 4 is 40.6 Å². The van der Waals surface area contributed by atoms with Gasteiger partial charge in [0, 0.05) is 23.5 Å². The Hall–Kier alpha value is -3.93. The Morgan fingerprint density at radius 2 is 1.56 bits per heavy atom. The van der Waals surface area contributed by atoms with Crippen LogP contribution in [0.4, 0.5) is 0 Å². The lowest BCUT2D eigenvalue weighted by Crippen LogP contribution is -2.59. The Balaban J connectivity index is 2.14. The van der Waals surface area contributed by atoms with Crippen molar-refractivity contribution in [1.29, 1.82) is 0 Å². The van der Waals surface area contributed by atoms with Gasteiger partial charge >= 0.3 is 11.9 Å². The van der Waals surface area contributed by atoms with Gasteiger partial charge in [0.1, 0.15) is 18.1 Å². The molecule has 2 aromatic rings. The number of hydrogen-bond acceptors (Lipinski definition) is 6. The van der Waals surface area contributed by atoms with Crippen LogP contribution in [-0.2, 0) is 30.4 Å². The van der Waals surface area contributed by atoms with Crippen molar-refractivity contribution in [2.75, 3.05) is 0 Å². The normalized spacial score (nSPS) is 15.1. The van der Waals surface area contributed by atoms with Crippen molar-refractivity contribution in [3.8, 4) is 0 Å². The molecule has 5 atom stereocenters. The summed E-state index contributed by atoms with van der Waals surface area (Å²) in [5.74, 6) is -5.25. The first-order chi connectivity index (χ1) is 18.3. The maximum Gasteiger partial charge on any atom is 0.326 e. The van der Waals surface area contributed by atoms with Gasteiger partial charge in [-0.25, -0.2) is 4.79 Å². The maximum atomic E-state index is 13.2. The van der Waals surface area contributed by atoms with Crippen LogP contribution in [0.1, 0.15) is 52.5 Å². The average molecular weight is 546 g/mol. The summed E-state index contributed by atoms with van der Waals surface area (Å²) in [6, 6.07) is 2.94. The maximum absolute atomic E-state index is 13.2. The number of carboxylic acids is 2. The zero-order chi connectivity index (χ0) is 29.3. The van der Waals surface area contributed by atoms with E-state index in [1.165, 1.54) is 0 Å². The molecule has 1 aromatic heterocycles. The molecule has 5 unspecified atom stereocenters. The van der Waals surface area contributed by atoms with Crippen LogP contribution in [0.5, 0.6) is 0 Å². The average Bonchev–Trinajstić information content (AvgIpc) is 3.29. The molecule has 0 spiro atoms. The Morgan fingerprint density at radius 3 is 2.15 bits per heavy atom. The summed E-state index contributed by atoms with van der Waals surface area (Å²) >= 11 is 0. The van der Waals surface area contributed by atoms with E-state index in [0.29, 0.717) is 6.42 Å². The van der Waals surface area contributed by atoms with E-state index in [2.05, 4.69) is 20.9 Å². The first kappa shape index (κ1) is 31.3. The second-order valence-electron chi connectivity index (χ2n) is 10.1. The minimum Gasteiger partial charge on any atom is -0.481 e. The van der Waals surface area contributed by atoms with E-state index >= 15 is 0 Å². The summed E-state index contributed by atoms with van der Waals surface area (Å²) in [6.45, 7) is 6.84. The zero-order valence-electron chi connectivity index (χ0n) is 22.7. The highest BCUT2D eigenvalue weighted by atomic mass is 16.4. The van der Waals surface area contributed by atoms with Crippen LogP contribution < -0.4 is 21.7 Å². The summed E-state index contributed by atoms with van der Waals surface area (Å²) < 4.78 is 0. The van der Waals surface area contributed by atoms with E-state index in [0.717, 1.165) is 16.5 Å². The van der Waals surface area contributed by atoms with Crippen LogP contribution in [0.3, 0.4) is 0 Å². The van der Waals surface area contributed by atoms with Crippen LogP contribution in [0.25, 0.3) is 10.9 Å². The van der Waals surface area contributed by atoms with E-state index in [-0.39, 0.29) is 18.8 Å². The SMILES string of the molecule is CCC(C)C(NC(=O)C(NC(=O)C(CCC(=O)O)NC(=O)C(N)Cc1c[nH]c2ccccc12)C(C)C)C(=O)O. The van der Waals surface area contributed by atoms with E-state index in [4.69, 9.17) is 10.8 Å². The lowest BCUT2D eigenvalue weighted by molar-refractivity contribution is -0.144. The molecule has 8 N–H and O–H groups in total. The van der Waals surface area contributed by atoms with Gasteiger partial charge in [-0.2, -0.15) is 0 Å². The summed E-state index contributed by atoms with van der Waals surface area (Å²) in [5, 5.41) is 27.1. The molecule has 2 rings (SSSR count). The quantitative estimate of drug-likeness (QED) is 0.172. The molecule has 0 aliphatic carbocycles. The van der Waals surface area contributed by atoms with Gasteiger partial charge in [-0.1, -0.05) is 52.3 Å². The molecule has 0 saturated carbocycles. The Kier molecular flexibility index (Phi) is 11.5. The minimum absolute atomic E-state index is 0.173. The van der Waals surface area contributed by atoms with Crippen molar-refractivity contribution < 1.29 is 34.2 Å². The van der Waals surface area contributed by atoms with E-state index in [1.54, 1.807) is 33.9 Å². The van der Waals surface area contributed by atoms with Crippen LogP contribution in [0.15, 0.2) is 30.5 Å². The second kappa shape index (κ2) is 14.3. The number of hydrogen-bond donors (Lipinski definition) is 7. The number of fused-ring (bicyclic) bond motifs is 1. The number of para-hydroxylation sites is 1. The van der Waals surface area contributed by atoms with Gasteiger partial charge < -0.3 is 36.9 Å². The Labute approximate surface area is 227 Å².